The van der Waals surface area contributed by atoms with Crippen LogP contribution in [-0.2, 0) is 26.9 Å². The minimum atomic E-state index is -3.10. The summed E-state index contributed by atoms with van der Waals surface area (Å²) in [5, 5.41) is 2.59. The van der Waals surface area contributed by atoms with Crippen molar-refractivity contribution in [1.29, 1.82) is 0 Å². The molecule has 1 N–H and O–H groups in total. The summed E-state index contributed by atoms with van der Waals surface area (Å²) < 4.78 is 53.6. The minimum Gasteiger partial charge on any atom is -0.481 e. The van der Waals surface area contributed by atoms with E-state index in [4.69, 9.17) is 4.74 Å². The van der Waals surface area contributed by atoms with Gasteiger partial charge in [0.2, 0.25) is 0 Å². The van der Waals surface area contributed by atoms with E-state index in [2.05, 4.69) is 5.32 Å². The van der Waals surface area contributed by atoms with Crippen LogP contribution in [0.15, 0.2) is 42.5 Å². The average molecular weight is 369 g/mol. The molecule has 5 nitrogen and oxygen atoms in total. The van der Waals surface area contributed by atoms with Crippen LogP contribution < -0.4 is 10.1 Å². The van der Waals surface area contributed by atoms with E-state index in [9.17, 15) is 22.0 Å². The highest BCUT2D eigenvalue weighted by Gasteiger charge is 2.08. The van der Waals surface area contributed by atoms with Crippen LogP contribution >= 0.6 is 0 Å². The molecular formula is C17H17F2NO4S. The zero-order chi connectivity index (χ0) is 18.4. The van der Waals surface area contributed by atoms with Crippen molar-refractivity contribution < 1.29 is 26.7 Å². The molecule has 8 heteroatoms. The molecule has 0 atom stereocenters. The van der Waals surface area contributed by atoms with Gasteiger partial charge in [-0.05, 0) is 23.3 Å². The van der Waals surface area contributed by atoms with Gasteiger partial charge in [0.1, 0.15) is 5.82 Å². The Morgan fingerprint density at radius 2 is 1.72 bits per heavy atom. The molecule has 0 aromatic heterocycles. The van der Waals surface area contributed by atoms with Gasteiger partial charge in [0.05, 0.1) is 5.75 Å². The summed E-state index contributed by atoms with van der Waals surface area (Å²) in [5.41, 5.74) is 1.44. The van der Waals surface area contributed by atoms with Gasteiger partial charge in [0, 0.05) is 18.9 Å². The fourth-order valence-corrected chi connectivity index (χ4v) is 2.84. The second kappa shape index (κ2) is 8.06. The molecule has 134 valence electrons. The Balaban J connectivity index is 1.81. The number of hydrogen-bond acceptors (Lipinski definition) is 4. The topological polar surface area (TPSA) is 72.5 Å². The molecule has 0 aliphatic heterocycles. The van der Waals surface area contributed by atoms with Gasteiger partial charge >= 0.3 is 0 Å². The van der Waals surface area contributed by atoms with Gasteiger partial charge in [-0.2, -0.15) is 0 Å². The Bertz CT molecular complexity index is 851. The lowest BCUT2D eigenvalue weighted by Crippen LogP contribution is -2.28. The third kappa shape index (κ3) is 6.50. The van der Waals surface area contributed by atoms with E-state index < -0.39 is 34.0 Å². The van der Waals surface area contributed by atoms with Gasteiger partial charge in [-0.3, -0.25) is 4.79 Å². The zero-order valence-corrected chi connectivity index (χ0v) is 14.3. The molecule has 2 aromatic carbocycles. The van der Waals surface area contributed by atoms with Crippen molar-refractivity contribution >= 4 is 15.7 Å². The Morgan fingerprint density at radius 1 is 1.08 bits per heavy atom. The first-order valence-corrected chi connectivity index (χ1v) is 9.39. The van der Waals surface area contributed by atoms with Crippen LogP contribution in [0.2, 0.25) is 0 Å². The maximum absolute atomic E-state index is 13.4. The van der Waals surface area contributed by atoms with Gasteiger partial charge in [-0.25, -0.2) is 17.2 Å². The number of sulfone groups is 1. The van der Waals surface area contributed by atoms with Crippen molar-refractivity contribution in [1.82, 2.24) is 5.32 Å². The zero-order valence-electron chi connectivity index (χ0n) is 13.5. The molecule has 2 aromatic rings. The summed E-state index contributed by atoms with van der Waals surface area (Å²) in [6.45, 7) is -0.192. The monoisotopic (exact) mass is 369 g/mol. The highest BCUT2D eigenvalue weighted by molar-refractivity contribution is 7.89. The van der Waals surface area contributed by atoms with Crippen molar-refractivity contribution in [3.8, 4) is 5.75 Å². The Labute approximate surface area is 144 Å². The second-order valence-electron chi connectivity index (χ2n) is 5.53. The number of hydrogen-bond donors (Lipinski definition) is 1. The number of ether oxygens (including phenoxy) is 1. The molecule has 2 rings (SSSR count). The summed E-state index contributed by atoms with van der Waals surface area (Å²) in [6, 6.07) is 9.58. The minimum absolute atomic E-state index is 0.0449. The Morgan fingerprint density at radius 3 is 2.32 bits per heavy atom. The van der Waals surface area contributed by atoms with Crippen LogP contribution in [0.25, 0.3) is 0 Å². The van der Waals surface area contributed by atoms with Gasteiger partial charge in [0.25, 0.3) is 5.91 Å². The molecule has 25 heavy (non-hydrogen) atoms. The number of halogens is 2. The van der Waals surface area contributed by atoms with Crippen LogP contribution in [0.3, 0.4) is 0 Å². The average Bonchev–Trinajstić information content (AvgIpc) is 2.52. The highest BCUT2D eigenvalue weighted by Crippen LogP contribution is 2.17. The maximum Gasteiger partial charge on any atom is 0.258 e. The van der Waals surface area contributed by atoms with Gasteiger partial charge in [-0.1, -0.05) is 24.3 Å². The predicted octanol–water partition coefficient (Wildman–Crippen LogP) is 2.20. The summed E-state index contributed by atoms with van der Waals surface area (Å²) in [5.74, 6) is -2.33. The molecule has 0 bridgehead atoms. The number of carbonyl (C=O) groups excluding carboxylic acids is 1. The van der Waals surface area contributed by atoms with E-state index in [1.807, 2.05) is 0 Å². The molecular weight excluding hydrogens is 352 g/mol. The molecule has 0 heterocycles. The first-order chi connectivity index (χ1) is 11.7. The van der Waals surface area contributed by atoms with E-state index in [1.165, 1.54) is 0 Å². The number of rotatable bonds is 7. The Kier molecular flexibility index (Phi) is 6.08. The lowest BCUT2D eigenvalue weighted by Gasteiger charge is -2.09. The first-order valence-electron chi connectivity index (χ1n) is 7.33. The Hall–Kier alpha value is -2.48. The van der Waals surface area contributed by atoms with Gasteiger partial charge in [0.15, 0.2) is 28.0 Å². The predicted molar refractivity (Wildman–Crippen MR) is 88.7 cm³/mol. The van der Waals surface area contributed by atoms with Crippen LogP contribution in [-0.4, -0.2) is 27.2 Å². The third-order valence-electron chi connectivity index (χ3n) is 3.19. The normalized spacial score (nSPS) is 11.2. The number of nitrogens with one attached hydrogen (secondary N) is 1. The van der Waals surface area contributed by atoms with Crippen LogP contribution in [0.5, 0.6) is 5.75 Å². The SMILES string of the molecule is CS(=O)(=O)Cc1ccc(CNC(=O)COc2ccc(F)cc2F)cc1. The van der Waals surface area contributed by atoms with Crippen LogP contribution in [0, 0.1) is 11.6 Å². The van der Waals surface area contributed by atoms with Gasteiger partial charge < -0.3 is 10.1 Å². The van der Waals surface area contributed by atoms with Gasteiger partial charge in [-0.15, -0.1) is 0 Å². The lowest BCUT2D eigenvalue weighted by molar-refractivity contribution is -0.123. The van der Waals surface area contributed by atoms with Crippen LogP contribution in [0.1, 0.15) is 11.1 Å². The maximum atomic E-state index is 13.4. The lowest BCUT2D eigenvalue weighted by atomic mass is 10.1. The van der Waals surface area contributed by atoms with Crippen LogP contribution in [0.4, 0.5) is 8.78 Å². The van der Waals surface area contributed by atoms with Crippen molar-refractivity contribution in [2.24, 2.45) is 0 Å². The highest BCUT2D eigenvalue weighted by atomic mass is 32.2. The quantitative estimate of drug-likeness (QED) is 0.812. The first kappa shape index (κ1) is 18.9. The molecule has 0 aliphatic rings. The van der Waals surface area contributed by atoms with E-state index in [-0.39, 0.29) is 18.0 Å². The van der Waals surface area contributed by atoms with Crippen molar-refractivity contribution in [3.05, 3.63) is 65.2 Å². The molecule has 0 spiro atoms. The summed E-state index contributed by atoms with van der Waals surface area (Å²) >= 11 is 0. The second-order valence-corrected chi connectivity index (χ2v) is 7.67. The molecule has 0 unspecified atom stereocenters. The molecule has 0 saturated heterocycles. The summed E-state index contributed by atoms with van der Waals surface area (Å²) in [7, 11) is -3.10. The fraction of sp³-hybridized carbons (Fsp3) is 0.235. The molecule has 0 fully saturated rings. The van der Waals surface area contributed by atoms with Crippen molar-refractivity contribution in [2.45, 2.75) is 12.3 Å². The van der Waals surface area contributed by atoms with E-state index in [0.29, 0.717) is 11.6 Å². The van der Waals surface area contributed by atoms with E-state index in [1.54, 1.807) is 24.3 Å². The van der Waals surface area contributed by atoms with Crippen molar-refractivity contribution in [2.75, 3.05) is 12.9 Å². The standard InChI is InChI=1S/C17H17F2NO4S/c1-25(22,23)11-13-4-2-12(3-5-13)9-20-17(21)10-24-16-7-6-14(18)8-15(16)19/h2-8H,9-11H2,1H3,(H,20,21). The molecule has 0 radical (unpaired) electrons. The number of carbonyl (C=O) groups is 1. The molecule has 0 saturated carbocycles. The smallest absolute Gasteiger partial charge is 0.258 e. The third-order valence-corrected chi connectivity index (χ3v) is 4.05. The van der Waals surface area contributed by atoms with E-state index in [0.717, 1.165) is 24.0 Å². The fourth-order valence-electron chi connectivity index (χ4n) is 2.04. The number of benzene rings is 2. The summed E-state index contributed by atoms with van der Waals surface area (Å²) in [4.78, 5) is 11.7. The number of amides is 1. The largest absolute Gasteiger partial charge is 0.481 e. The van der Waals surface area contributed by atoms with Crippen molar-refractivity contribution in [3.63, 3.8) is 0 Å². The van der Waals surface area contributed by atoms with E-state index >= 15 is 0 Å². The summed E-state index contributed by atoms with van der Waals surface area (Å²) in [6.07, 6.45) is 1.16. The molecule has 0 aliphatic carbocycles. The molecule has 1 amide bonds.